The van der Waals surface area contributed by atoms with Crippen LogP contribution >= 0.6 is 0 Å². The van der Waals surface area contributed by atoms with Gasteiger partial charge in [-0.15, -0.1) is 0 Å². The molecule has 2 atom stereocenters. The van der Waals surface area contributed by atoms with Gasteiger partial charge in [0.1, 0.15) is 12.3 Å². The zero-order valence-electron chi connectivity index (χ0n) is 14.9. The predicted octanol–water partition coefficient (Wildman–Crippen LogP) is 3.54. The minimum Gasteiger partial charge on any atom is -0.397 e. The predicted molar refractivity (Wildman–Crippen MR) is 105 cm³/mol. The van der Waals surface area contributed by atoms with E-state index in [1.54, 1.807) is 12.1 Å². The Bertz CT molecular complexity index is 771. The maximum atomic E-state index is 11.9. The summed E-state index contributed by atoms with van der Waals surface area (Å²) < 4.78 is 5.65. The summed E-state index contributed by atoms with van der Waals surface area (Å²) in [4.78, 5) is 11.9. The van der Waals surface area contributed by atoms with E-state index in [4.69, 9.17) is 10.5 Å². The molecule has 136 valence electrons. The highest BCUT2D eigenvalue weighted by atomic mass is 16.6. The summed E-state index contributed by atoms with van der Waals surface area (Å²) in [5.41, 5.74) is 9.49. The SMILES string of the molecule is Cc1ccc(C2OC2NCC/C=C/CC(=O)Nc2ccccc2N)cc1. The fraction of sp³-hybridized carbons (Fsp3) is 0.286. The van der Waals surface area contributed by atoms with Crippen LogP contribution in [0.5, 0.6) is 0 Å². The van der Waals surface area contributed by atoms with Gasteiger partial charge in [-0.05, 0) is 31.0 Å². The average molecular weight is 351 g/mol. The molecular formula is C21H25N3O2. The van der Waals surface area contributed by atoms with E-state index in [0.29, 0.717) is 17.8 Å². The molecule has 4 N–H and O–H groups in total. The molecule has 0 aliphatic carbocycles. The lowest BCUT2D eigenvalue weighted by molar-refractivity contribution is -0.115. The molecule has 1 fully saturated rings. The number of aryl methyl sites for hydroxylation is 1. The number of hydrogen-bond donors (Lipinski definition) is 3. The highest BCUT2D eigenvalue weighted by Crippen LogP contribution is 2.36. The molecule has 1 aliphatic rings. The molecule has 0 spiro atoms. The summed E-state index contributed by atoms with van der Waals surface area (Å²) in [7, 11) is 0. The topological polar surface area (TPSA) is 79.7 Å². The maximum Gasteiger partial charge on any atom is 0.228 e. The summed E-state index contributed by atoms with van der Waals surface area (Å²) in [6.45, 7) is 2.89. The summed E-state index contributed by atoms with van der Waals surface area (Å²) in [5, 5.41) is 6.17. The first kappa shape index (κ1) is 18.2. The number of nitrogens with two attached hydrogens (primary N) is 1. The van der Waals surface area contributed by atoms with Crippen molar-refractivity contribution in [3.05, 3.63) is 71.8 Å². The summed E-state index contributed by atoms with van der Waals surface area (Å²) >= 11 is 0. The molecule has 0 saturated carbocycles. The van der Waals surface area contributed by atoms with E-state index >= 15 is 0 Å². The molecule has 1 heterocycles. The van der Waals surface area contributed by atoms with Crippen LogP contribution in [-0.4, -0.2) is 18.7 Å². The molecular weight excluding hydrogens is 326 g/mol. The van der Waals surface area contributed by atoms with Crippen molar-refractivity contribution in [2.24, 2.45) is 0 Å². The van der Waals surface area contributed by atoms with Gasteiger partial charge in [-0.2, -0.15) is 0 Å². The number of rotatable bonds is 8. The third-order valence-electron chi connectivity index (χ3n) is 4.26. The summed E-state index contributed by atoms with van der Waals surface area (Å²) in [6.07, 6.45) is 5.31. The van der Waals surface area contributed by atoms with Crippen LogP contribution in [0.4, 0.5) is 11.4 Å². The highest BCUT2D eigenvalue weighted by molar-refractivity contribution is 5.94. The standard InChI is InChI=1S/C21H25N3O2/c1-15-10-12-16(13-11-15)20-21(26-20)23-14-6-2-3-9-19(25)24-18-8-5-4-7-17(18)22/h2-5,7-8,10-13,20-21,23H,6,9,14,22H2,1H3,(H,24,25)/b3-2+. The normalized spacial score (nSPS) is 18.8. The minimum absolute atomic E-state index is 0.0722. The van der Waals surface area contributed by atoms with Crippen LogP contribution in [0.15, 0.2) is 60.7 Å². The maximum absolute atomic E-state index is 11.9. The lowest BCUT2D eigenvalue weighted by atomic mass is 10.1. The first-order valence-corrected chi connectivity index (χ1v) is 8.88. The molecule has 0 aromatic heterocycles. The molecule has 2 aromatic rings. The molecule has 2 unspecified atom stereocenters. The lowest BCUT2D eigenvalue weighted by Gasteiger charge is -2.06. The number of hydrogen-bond acceptors (Lipinski definition) is 4. The van der Waals surface area contributed by atoms with Gasteiger partial charge >= 0.3 is 0 Å². The van der Waals surface area contributed by atoms with Crippen molar-refractivity contribution in [2.75, 3.05) is 17.6 Å². The molecule has 1 saturated heterocycles. The van der Waals surface area contributed by atoms with Crippen LogP contribution in [0.25, 0.3) is 0 Å². The van der Waals surface area contributed by atoms with E-state index in [9.17, 15) is 4.79 Å². The van der Waals surface area contributed by atoms with E-state index in [1.165, 1.54) is 11.1 Å². The molecule has 1 amide bonds. The Morgan fingerprint density at radius 2 is 1.92 bits per heavy atom. The van der Waals surface area contributed by atoms with Crippen molar-refractivity contribution >= 4 is 17.3 Å². The van der Waals surface area contributed by atoms with Gasteiger partial charge in [-0.3, -0.25) is 10.1 Å². The number of ether oxygens (including phenoxy) is 1. The molecule has 0 radical (unpaired) electrons. The van der Waals surface area contributed by atoms with Gasteiger partial charge in [-0.1, -0.05) is 54.1 Å². The second-order valence-electron chi connectivity index (χ2n) is 6.44. The van der Waals surface area contributed by atoms with Crippen LogP contribution in [0.3, 0.4) is 0 Å². The molecule has 1 aliphatic heterocycles. The number of carbonyl (C=O) groups excluding carboxylic acids is 1. The lowest BCUT2D eigenvalue weighted by Crippen LogP contribution is -2.19. The van der Waals surface area contributed by atoms with E-state index in [0.717, 1.165) is 13.0 Å². The number of nitrogens with one attached hydrogen (secondary N) is 2. The molecule has 5 nitrogen and oxygen atoms in total. The van der Waals surface area contributed by atoms with Gasteiger partial charge in [0, 0.05) is 13.0 Å². The van der Waals surface area contributed by atoms with E-state index in [2.05, 4.69) is 41.8 Å². The van der Waals surface area contributed by atoms with Crippen LogP contribution in [0, 0.1) is 6.92 Å². The number of carbonyl (C=O) groups is 1. The Hall–Kier alpha value is -2.63. The smallest absolute Gasteiger partial charge is 0.228 e. The number of para-hydroxylation sites is 2. The largest absolute Gasteiger partial charge is 0.397 e. The van der Waals surface area contributed by atoms with Gasteiger partial charge in [0.05, 0.1) is 11.4 Å². The number of amides is 1. The Balaban J connectivity index is 1.30. The van der Waals surface area contributed by atoms with Crippen molar-refractivity contribution in [3.8, 4) is 0 Å². The number of benzene rings is 2. The van der Waals surface area contributed by atoms with Crippen molar-refractivity contribution < 1.29 is 9.53 Å². The third-order valence-corrected chi connectivity index (χ3v) is 4.26. The fourth-order valence-corrected chi connectivity index (χ4v) is 2.71. The Labute approximate surface area is 154 Å². The minimum atomic E-state index is -0.0722. The van der Waals surface area contributed by atoms with Gasteiger partial charge < -0.3 is 15.8 Å². The molecule has 26 heavy (non-hydrogen) atoms. The van der Waals surface area contributed by atoms with Crippen LogP contribution in [0.1, 0.15) is 30.1 Å². The van der Waals surface area contributed by atoms with Crippen molar-refractivity contribution in [1.29, 1.82) is 0 Å². The van der Waals surface area contributed by atoms with Crippen LogP contribution in [0.2, 0.25) is 0 Å². The van der Waals surface area contributed by atoms with Crippen LogP contribution in [-0.2, 0) is 9.53 Å². The number of epoxide rings is 1. The van der Waals surface area contributed by atoms with Crippen molar-refractivity contribution in [1.82, 2.24) is 5.32 Å². The van der Waals surface area contributed by atoms with Crippen molar-refractivity contribution in [2.45, 2.75) is 32.1 Å². The second kappa shape index (κ2) is 8.65. The zero-order valence-corrected chi connectivity index (χ0v) is 14.9. The molecule has 3 rings (SSSR count). The van der Waals surface area contributed by atoms with Crippen LogP contribution < -0.4 is 16.4 Å². The molecule has 5 heteroatoms. The fourth-order valence-electron chi connectivity index (χ4n) is 2.71. The number of nitrogen functional groups attached to an aromatic ring is 1. The highest BCUT2D eigenvalue weighted by Gasteiger charge is 2.39. The first-order valence-electron chi connectivity index (χ1n) is 8.88. The van der Waals surface area contributed by atoms with E-state index in [1.807, 2.05) is 24.3 Å². The van der Waals surface area contributed by atoms with Crippen molar-refractivity contribution in [3.63, 3.8) is 0 Å². The zero-order chi connectivity index (χ0) is 18.4. The number of anilines is 2. The summed E-state index contributed by atoms with van der Waals surface area (Å²) in [5.74, 6) is -0.0722. The second-order valence-corrected chi connectivity index (χ2v) is 6.44. The molecule has 0 bridgehead atoms. The van der Waals surface area contributed by atoms with Gasteiger partial charge in [0.2, 0.25) is 5.91 Å². The summed E-state index contributed by atoms with van der Waals surface area (Å²) in [6, 6.07) is 15.7. The Morgan fingerprint density at radius 3 is 2.69 bits per heavy atom. The third kappa shape index (κ3) is 5.18. The average Bonchev–Trinajstić information content (AvgIpc) is 3.40. The van der Waals surface area contributed by atoms with E-state index < -0.39 is 0 Å². The van der Waals surface area contributed by atoms with Gasteiger partial charge in [0.15, 0.2) is 0 Å². The van der Waals surface area contributed by atoms with E-state index in [-0.39, 0.29) is 18.2 Å². The monoisotopic (exact) mass is 351 g/mol. The van der Waals surface area contributed by atoms with Gasteiger partial charge in [0.25, 0.3) is 0 Å². The molecule has 2 aromatic carbocycles. The quantitative estimate of drug-likeness (QED) is 0.294. The Morgan fingerprint density at radius 1 is 1.15 bits per heavy atom. The Kier molecular flexibility index (Phi) is 6.04. The first-order chi connectivity index (χ1) is 12.6. The van der Waals surface area contributed by atoms with Gasteiger partial charge in [-0.25, -0.2) is 0 Å².